The minimum Gasteiger partial charge on any atom is -0.388 e. The Morgan fingerprint density at radius 1 is 1.20 bits per heavy atom. The van der Waals surface area contributed by atoms with E-state index in [-0.39, 0.29) is 12.4 Å². The summed E-state index contributed by atoms with van der Waals surface area (Å²) in [6.45, 7) is 2.09. The first-order chi connectivity index (χ1) is 11.8. The molecule has 1 atom stereocenters. The van der Waals surface area contributed by atoms with Crippen molar-refractivity contribution in [3.8, 4) is 0 Å². The van der Waals surface area contributed by atoms with Crippen LogP contribution in [0.15, 0.2) is 36.4 Å². The zero-order valence-electron chi connectivity index (χ0n) is 13.3. The molecule has 1 unspecified atom stereocenters. The summed E-state index contributed by atoms with van der Waals surface area (Å²) in [4.78, 5) is 8.40. The van der Waals surface area contributed by atoms with Crippen molar-refractivity contribution in [1.29, 1.82) is 0 Å². The number of alkyl halides is 3. The van der Waals surface area contributed by atoms with E-state index in [1.807, 2.05) is 25.1 Å². The summed E-state index contributed by atoms with van der Waals surface area (Å²) in [5.41, 5.74) is 0.763. The van der Waals surface area contributed by atoms with Gasteiger partial charge in [-0.2, -0.15) is 13.2 Å². The van der Waals surface area contributed by atoms with E-state index in [2.05, 4.69) is 15.3 Å². The smallest absolute Gasteiger partial charge is 0.388 e. The lowest BCUT2D eigenvalue weighted by atomic mass is 10.1. The van der Waals surface area contributed by atoms with Crippen molar-refractivity contribution >= 4 is 27.4 Å². The summed E-state index contributed by atoms with van der Waals surface area (Å²) in [5.74, 6) is -1.02. The Bertz CT molecular complexity index is 865. The van der Waals surface area contributed by atoms with E-state index in [1.54, 1.807) is 18.2 Å². The van der Waals surface area contributed by atoms with Crippen LogP contribution >= 0.6 is 11.3 Å². The highest BCUT2D eigenvalue weighted by molar-refractivity contribution is 7.18. The Morgan fingerprint density at radius 3 is 2.60 bits per heavy atom. The second-order valence-corrected chi connectivity index (χ2v) is 6.85. The van der Waals surface area contributed by atoms with Crippen LogP contribution in [0.5, 0.6) is 0 Å². The predicted octanol–water partition coefficient (Wildman–Crippen LogP) is 4.55. The van der Waals surface area contributed by atoms with Crippen LogP contribution in [0.2, 0.25) is 0 Å². The van der Waals surface area contributed by atoms with Crippen molar-refractivity contribution in [3.63, 3.8) is 0 Å². The Labute approximate surface area is 146 Å². The standard InChI is InChI=1S/C17H16F3N3OS/c1-10-9-12-14(22-16(17(18,19)20)23-15(12)25-10)21-8-7-13(24)11-5-3-2-4-6-11/h2-6,9,13,24H,7-8H2,1H3,(H,21,22,23). The number of hydrogen-bond acceptors (Lipinski definition) is 5. The van der Waals surface area contributed by atoms with Crippen molar-refractivity contribution in [2.45, 2.75) is 25.6 Å². The first kappa shape index (κ1) is 17.6. The van der Waals surface area contributed by atoms with Crippen molar-refractivity contribution in [3.05, 3.63) is 52.7 Å². The summed E-state index contributed by atoms with van der Waals surface area (Å²) in [7, 11) is 0. The van der Waals surface area contributed by atoms with Crippen molar-refractivity contribution in [2.75, 3.05) is 11.9 Å². The highest BCUT2D eigenvalue weighted by Gasteiger charge is 2.35. The summed E-state index contributed by atoms with van der Waals surface area (Å²) in [6, 6.07) is 10.9. The van der Waals surface area contributed by atoms with E-state index < -0.39 is 18.1 Å². The van der Waals surface area contributed by atoms with Gasteiger partial charge in [0.15, 0.2) is 0 Å². The zero-order chi connectivity index (χ0) is 18.0. The van der Waals surface area contributed by atoms with Crippen LogP contribution in [-0.2, 0) is 6.18 Å². The predicted molar refractivity (Wildman–Crippen MR) is 91.7 cm³/mol. The molecule has 0 saturated carbocycles. The Kier molecular flexibility index (Phi) is 4.91. The number of benzene rings is 1. The third-order valence-electron chi connectivity index (χ3n) is 3.66. The van der Waals surface area contributed by atoms with E-state index in [4.69, 9.17) is 0 Å². The molecule has 0 bridgehead atoms. The summed E-state index contributed by atoms with van der Waals surface area (Å²) >= 11 is 1.19. The number of nitrogens with zero attached hydrogens (tertiary/aromatic N) is 2. The number of rotatable bonds is 5. The van der Waals surface area contributed by atoms with Crippen LogP contribution in [0.4, 0.5) is 19.0 Å². The molecular formula is C17H16F3N3OS. The van der Waals surface area contributed by atoms with Gasteiger partial charge < -0.3 is 10.4 Å². The van der Waals surface area contributed by atoms with Crippen molar-refractivity contribution < 1.29 is 18.3 Å². The molecule has 0 amide bonds. The molecule has 0 aliphatic carbocycles. The fraction of sp³-hybridized carbons (Fsp3) is 0.294. The number of fused-ring (bicyclic) bond motifs is 1. The normalized spacial score (nSPS) is 13.2. The molecule has 0 spiro atoms. The Morgan fingerprint density at radius 2 is 1.92 bits per heavy atom. The third kappa shape index (κ3) is 4.08. The monoisotopic (exact) mass is 367 g/mol. The molecular weight excluding hydrogens is 351 g/mol. The lowest BCUT2D eigenvalue weighted by Gasteiger charge is -2.13. The van der Waals surface area contributed by atoms with Crippen LogP contribution in [0, 0.1) is 6.92 Å². The number of aromatic nitrogens is 2. The maximum Gasteiger partial charge on any atom is 0.451 e. The topological polar surface area (TPSA) is 58.0 Å². The quantitative estimate of drug-likeness (QED) is 0.694. The van der Waals surface area contributed by atoms with Gasteiger partial charge in [0.05, 0.1) is 11.5 Å². The van der Waals surface area contributed by atoms with Gasteiger partial charge in [-0.25, -0.2) is 9.97 Å². The molecule has 132 valence electrons. The van der Waals surface area contributed by atoms with Crippen molar-refractivity contribution in [2.24, 2.45) is 0 Å². The highest BCUT2D eigenvalue weighted by atomic mass is 32.1. The fourth-order valence-corrected chi connectivity index (χ4v) is 3.35. The Balaban J connectivity index is 1.78. The van der Waals surface area contributed by atoms with E-state index in [1.165, 1.54) is 11.3 Å². The molecule has 0 aliphatic heterocycles. The van der Waals surface area contributed by atoms with E-state index in [9.17, 15) is 18.3 Å². The number of aryl methyl sites for hydroxylation is 1. The molecule has 25 heavy (non-hydrogen) atoms. The summed E-state index contributed by atoms with van der Waals surface area (Å²) < 4.78 is 39.0. The number of thiophene rings is 1. The lowest BCUT2D eigenvalue weighted by molar-refractivity contribution is -0.144. The number of hydrogen-bond donors (Lipinski definition) is 2. The average Bonchev–Trinajstić information content (AvgIpc) is 2.95. The molecule has 0 saturated heterocycles. The molecule has 3 rings (SSSR count). The Hall–Kier alpha value is -2.19. The number of nitrogens with one attached hydrogen (secondary N) is 1. The first-order valence-corrected chi connectivity index (χ1v) is 8.48. The largest absolute Gasteiger partial charge is 0.451 e. The molecule has 0 fully saturated rings. The second-order valence-electron chi connectivity index (χ2n) is 5.61. The van der Waals surface area contributed by atoms with Gasteiger partial charge in [-0.05, 0) is 25.0 Å². The minimum absolute atomic E-state index is 0.141. The SMILES string of the molecule is Cc1cc2c(NCCC(O)c3ccccc3)nc(C(F)(F)F)nc2s1. The molecule has 3 aromatic rings. The van der Waals surface area contributed by atoms with E-state index >= 15 is 0 Å². The number of aliphatic hydroxyl groups excluding tert-OH is 1. The zero-order valence-corrected chi connectivity index (χ0v) is 14.2. The van der Waals surface area contributed by atoms with E-state index in [0.717, 1.165) is 10.4 Å². The minimum atomic E-state index is -4.61. The van der Waals surface area contributed by atoms with Gasteiger partial charge >= 0.3 is 6.18 Å². The highest BCUT2D eigenvalue weighted by Crippen LogP contribution is 2.33. The van der Waals surface area contributed by atoms with Gasteiger partial charge in [0, 0.05) is 11.4 Å². The van der Waals surface area contributed by atoms with Crippen LogP contribution in [-0.4, -0.2) is 21.6 Å². The van der Waals surface area contributed by atoms with Gasteiger partial charge in [0.2, 0.25) is 5.82 Å². The van der Waals surface area contributed by atoms with Gasteiger partial charge in [0.1, 0.15) is 10.6 Å². The molecule has 0 aliphatic rings. The molecule has 2 aromatic heterocycles. The maximum absolute atomic E-state index is 13.0. The van der Waals surface area contributed by atoms with Crippen LogP contribution in [0.1, 0.15) is 28.8 Å². The number of halogens is 3. The molecule has 2 heterocycles. The van der Waals surface area contributed by atoms with Gasteiger partial charge in [0.25, 0.3) is 0 Å². The van der Waals surface area contributed by atoms with E-state index in [0.29, 0.717) is 16.6 Å². The molecule has 0 radical (unpaired) electrons. The third-order valence-corrected chi connectivity index (χ3v) is 4.61. The number of anilines is 1. The number of aliphatic hydroxyl groups is 1. The molecule has 1 aromatic carbocycles. The second kappa shape index (κ2) is 6.97. The van der Waals surface area contributed by atoms with Crippen LogP contribution in [0.25, 0.3) is 10.2 Å². The van der Waals surface area contributed by atoms with Crippen LogP contribution < -0.4 is 5.32 Å². The maximum atomic E-state index is 13.0. The molecule has 8 heteroatoms. The summed E-state index contributed by atoms with van der Waals surface area (Å²) in [6.07, 6.45) is -4.95. The lowest BCUT2D eigenvalue weighted by Crippen LogP contribution is -2.14. The fourth-order valence-electron chi connectivity index (χ4n) is 2.47. The van der Waals surface area contributed by atoms with Gasteiger partial charge in [-0.3, -0.25) is 0 Å². The van der Waals surface area contributed by atoms with Crippen LogP contribution in [0.3, 0.4) is 0 Å². The van der Waals surface area contributed by atoms with Gasteiger partial charge in [-0.15, -0.1) is 11.3 Å². The molecule has 2 N–H and O–H groups in total. The van der Waals surface area contributed by atoms with Gasteiger partial charge in [-0.1, -0.05) is 30.3 Å². The average molecular weight is 367 g/mol. The first-order valence-electron chi connectivity index (χ1n) is 7.67. The van der Waals surface area contributed by atoms with Crippen molar-refractivity contribution in [1.82, 2.24) is 9.97 Å². The summed E-state index contributed by atoms with van der Waals surface area (Å²) in [5, 5.41) is 13.6. The molecule has 4 nitrogen and oxygen atoms in total.